The van der Waals surface area contributed by atoms with Crippen molar-refractivity contribution in [2.45, 2.75) is 19.3 Å². The zero-order valence-corrected chi connectivity index (χ0v) is 17.4. The first-order valence-corrected chi connectivity index (χ1v) is 9.71. The molecule has 0 saturated carbocycles. The SMILES string of the molecule is COc1cc2sc(C(=O)CCC(=O)O)c(OCCCN(C)C(=N)N)c2cc1OC. The van der Waals surface area contributed by atoms with E-state index in [-0.39, 0.29) is 24.6 Å². The molecular formula is C19H25N3O6S. The molecule has 29 heavy (non-hydrogen) atoms. The average Bonchev–Trinajstić information content (AvgIpc) is 3.05. The molecule has 0 bridgehead atoms. The molecule has 0 spiro atoms. The number of carbonyl (C=O) groups excluding carboxylic acids is 1. The summed E-state index contributed by atoms with van der Waals surface area (Å²) in [6.07, 6.45) is 0.228. The normalized spacial score (nSPS) is 10.6. The standard InChI is InChI=1S/C19H25N3O6S/c1-22(19(20)21)7-4-8-28-17-11-9-13(26-2)14(27-3)10-15(11)29-18(17)12(23)5-6-16(24)25/h9-10H,4-8H2,1-3H3,(H3,20,21)(H,24,25). The number of carboxylic acids is 1. The Morgan fingerprint density at radius 1 is 1.21 bits per heavy atom. The van der Waals surface area contributed by atoms with E-state index in [0.717, 1.165) is 4.70 Å². The minimum absolute atomic E-state index is 0.0349. The van der Waals surface area contributed by atoms with E-state index < -0.39 is 5.97 Å². The van der Waals surface area contributed by atoms with Gasteiger partial charge in [-0.3, -0.25) is 15.0 Å². The van der Waals surface area contributed by atoms with Crippen LogP contribution < -0.4 is 19.9 Å². The molecule has 0 atom stereocenters. The molecule has 0 aliphatic rings. The first-order valence-electron chi connectivity index (χ1n) is 8.90. The summed E-state index contributed by atoms with van der Waals surface area (Å²) < 4.78 is 17.4. The summed E-state index contributed by atoms with van der Waals surface area (Å²) >= 11 is 1.23. The van der Waals surface area contributed by atoms with E-state index in [1.54, 1.807) is 24.1 Å². The van der Waals surface area contributed by atoms with Crippen LogP contribution in [0.25, 0.3) is 10.1 Å². The number of fused-ring (bicyclic) bond motifs is 1. The highest BCUT2D eigenvalue weighted by atomic mass is 32.1. The number of rotatable bonds is 11. The Labute approximate surface area is 172 Å². The first-order chi connectivity index (χ1) is 13.8. The fraction of sp³-hybridized carbons (Fsp3) is 0.421. The van der Waals surface area contributed by atoms with Gasteiger partial charge < -0.3 is 30.0 Å². The van der Waals surface area contributed by atoms with Gasteiger partial charge in [-0.25, -0.2) is 0 Å². The summed E-state index contributed by atoms with van der Waals surface area (Å²) in [6.45, 7) is 0.827. The first kappa shape index (κ1) is 22.3. The Hall–Kier alpha value is -3.01. The second-order valence-electron chi connectivity index (χ2n) is 6.29. The van der Waals surface area contributed by atoms with Crippen LogP contribution in [0, 0.1) is 5.41 Å². The van der Waals surface area contributed by atoms with E-state index in [2.05, 4.69) is 0 Å². The third-order valence-corrected chi connectivity index (χ3v) is 5.44. The Morgan fingerprint density at radius 3 is 2.45 bits per heavy atom. The molecule has 1 heterocycles. The zero-order chi connectivity index (χ0) is 21.6. The highest BCUT2D eigenvalue weighted by molar-refractivity contribution is 7.21. The second-order valence-corrected chi connectivity index (χ2v) is 7.34. The molecule has 9 nitrogen and oxygen atoms in total. The topological polar surface area (TPSA) is 135 Å². The summed E-state index contributed by atoms with van der Waals surface area (Å²) in [5, 5.41) is 17.0. The summed E-state index contributed by atoms with van der Waals surface area (Å²) in [7, 11) is 4.76. The van der Waals surface area contributed by atoms with Crippen LogP contribution in [0.15, 0.2) is 12.1 Å². The van der Waals surface area contributed by atoms with E-state index in [9.17, 15) is 9.59 Å². The Bertz CT molecular complexity index is 911. The number of thiophene rings is 1. The van der Waals surface area contributed by atoms with E-state index in [4.69, 9.17) is 30.5 Å². The lowest BCUT2D eigenvalue weighted by atomic mass is 10.1. The minimum Gasteiger partial charge on any atom is -0.493 e. The van der Waals surface area contributed by atoms with E-state index in [0.29, 0.717) is 47.1 Å². The number of nitrogens with two attached hydrogens (primary N) is 1. The van der Waals surface area contributed by atoms with E-state index in [1.165, 1.54) is 25.6 Å². The number of Topliss-reactive ketones (excluding diaryl/α,β-unsaturated/α-hetero) is 1. The van der Waals surface area contributed by atoms with Gasteiger partial charge in [0.25, 0.3) is 0 Å². The summed E-state index contributed by atoms with van der Waals surface area (Å²) in [5.74, 6) is 0.0861. The van der Waals surface area contributed by atoms with Crippen molar-refractivity contribution in [3.8, 4) is 17.2 Å². The number of benzene rings is 1. The molecule has 2 aromatic rings. The fourth-order valence-electron chi connectivity index (χ4n) is 2.66. The molecule has 0 saturated heterocycles. The van der Waals surface area contributed by atoms with Crippen molar-refractivity contribution in [1.29, 1.82) is 5.41 Å². The predicted molar refractivity (Wildman–Crippen MR) is 111 cm³/mol. The molecule has 0 radical (unpaired) electrons. The number of carbonyl (C=O) groups is 2. The van der Waals surface area contributed by atoms with Crippen LogP contribution in [0.1, 0.15) is 28.9 Å². The van der Waals surface area contributed by atoms with Gasteiger partial charge in [-0.15, -0.1) is 11.3 Å². The highest BCUT2D eigenvalue weighted by Gasteiger charge is 2.22. The van der Waals surface area contributed by atoms with Gasteiger partial charge in [-0.1, -0.05) is 0 Å². The molecule has 0 aliphatic carbocycles. The van der Waals surface area contributed by atoms with Crippen molar-refractivity contribution in [3.05, 3.63) is 17.0 Å². The summed E-state index contributed by atoms with van der Waals surface area (Å²) in [4.78, 5) is 25.4. The number of carboxylic acid groups (broad SMARTS) is 1. The van der Waals surface area contributed by atoms with Crippen molar-refractivity contribution < 1.29 is 28.9 Å². The molecule has 2 rings (SSSR count). The number of ketones is 1. The van der Waals surface area contributed by atoms with Gasteiger partial charge >= 0.3 is 5.97 Å². The lowest BCUT2D eigenvalue weighted by Gasteiger charge is -2.16. The van der Waals surface area contributed by atoms with Crippen LogP contribution in [0.3, 0.4) is 0 Å². The molecule has 1 aromatic carbocycles. The number of hydrogen-bond donors (Lipinski definition) is 3. The fourth-order valence-corrected chi connectivity index (χ4v) is 3.78. The van der Waals surface area contributed by atoms with Crippen LogP contribution in [0.5, 0.6) is 17.2 Å². The molecular weight excluding hydrogens is 398 g/mol. The molecule has 158 valence electrons. The lowest BCUT2D eigenvalue weighted by molar-refractivity contribution is -0.136. The zero-order valence-electron chi connectivity index (χ0n) is 16.6. The predicted octanol–water partition coefficient (Wildman–Crippen LogP) is 2.56. The largest absolute Gasteiger partial charge is 0.493 e. The van der Waals surface area contributed by atoms with Crippen molar-refractivity contribution in [1.82, 2.24) is 4.90 Å². The third kappa shape index (κ3) is 5.50. The lowest BCUT2D eigenvalue weighted by Crippen LogP contribution is -2.34. The molecule has 0 amide bonds. The molecule has 1 aromatic heterocycles. The quantitative estimate of drug-likeness (QED) is 0.217. The van der Waals surface area contributed by atoms with Gasteiger partial charge in [-0.05, 0) is 12.5 Å². The Kier molecular flexibility index (Phi) is 7.66. The van der Waals surface area contributed by atoms with Crippen LogP contribution in [0.2, 0.25) is 0 Å². The maximum Gasteiger partial charge on any atom is 0.303 e. The van der Waals surface area contributed by atoms with Gasteiger partial charge in [-0.2, -0.15) is 0 Å². The monoisotopic (exact) mass is 423 g/mol. The van der Waals surface area contributed by atoms with Gasteiger partial charge in [0.15, 0.2) is 23.2 Å². The number of nitrogens with one attached hydrogen (secondary N) is 1. The van der Waals surface area contributed by atoms with Gasteiger partial charge in [0, 0.05) is 36.2 Å². The molecule has 0 aliphatic heterocycles. The van der Waals surface area contributed by atoms with Crippen LogP contribution >= 0.6 is 11.3 Å². The second kappa shape index (κ2) is 9.97. The maximum atomic E-state index is 12.6. The molecule has 0 fully saturated rings. The van der Waals surface area contributed by atoms with E-state index >= 15 is 0 Å². The summed E-state index contributed by atoms with van der Waals surface area (Å²) in [6, 6.07) is 3.51. The van der Waals surface area contributed by atoms with Crippen molar-refractivity contribution in [2.75, 3.05) is 34.4 Å². The number of ether oxygens (including phenoxy) is 3. The molecule has 0 unspecified atom stereocenters. The third-order valence-electron chi connectivity index (χ3n) is 4.26. The van der Waals surface area contributed by atoms with E-state index in [1.807, 2.05) is 0 Å². The number of methoxy groups -OCH3 is 2. The molecule has 10 heteroatoms. The van der Waals surface area contributed by atoms with Crippen molar-refractivity contribution in [3.63, 3.8) is 0 Å². The van der Waals surface area contributed by atoms with Gasteiger partial charge in [0.05, 0.1) is 27.2 Å². The number of aliphatic carboxylic acids is 1. The number of hydrogen-bond acceptors (Lipinski definition) is 7. The molecule has 4 N–H and O–H groups in total. The highest BCUT2D eigenvalue weighted by Crippen LogP contribution is 2.44. The number of nitrogens with zero attached hydrogens (tertiary/aromatic N) is 1. The summed E-state index contributed by atoms with van der Waals surface area (Å²) in [5.41, 5.74) is 5.42. The average molecular weight is 423 g/mol. The minimum atomic E-state index is -1.03. The van der Waals surface area contributed by atoms with Crippen molar-refractivity contribution >= 4 is 39.1 Å². The van der Waals surface area contributed by atoms with Crippen molar-refractivity contribution in [2.24, 2.45) is 5.73 Å². The van der Waals surface area contributed by atoms with Crippen LogP contribution in [0.4, 0.5) is 0 Å². The smallest absolute Gasteiger partial charge is 0.303 e. The van der Waals surface area contributed by atoms with Gasteiger partial charge in [0.2, 0.25) is 0 Å². The number of guanidine groups is 1. The maximum absolute atomic E-state index is 12.6. The Balaban J connectivity index is 2.33. The van der Waals surface area contributed by atoms with Crippen LogP contribution in [-0.2, 0) is 4.79 Å². The Morgan fingerprint density at radius 2 is 1.86 bits per heavy atom. The van der Waals surface area contributed by atoms with Crippen LogP contribution in [-0.4, -0.2) is 62.1 Å². The van der Waals surface area contributed by atoms with Gasteiger partial charge in [0.1, 0.15) is 10.6 Å².